The van der Waals surface area contributed by atoms with Crippen LogP contribution in [0.2, 0.25) is 5.15 Å². The van der Waals surface area contributed by atoms with Gasteiger partial charge in [-0.15, -0.1) is 0 Å². The van der Waals surface area contributed by atoms with Crippen LogP contribution < -0.4 is 4.74 Å². The van der Waals surface area contributed by atoms with E-state index in [4.69, 9.17) is 16.3 Å². The fourth-order valence-corrected chi connectivity index (χ4v) is 2.09. The predicted molar refractivity (Wildman–Crippen MR) is 69.8 cm³/mol. The average Bonchev–Trinajstić information content (AvgIpc) is 2.40. The van der Waals surface area contributed by atoms with Gasteiger partial charge in [0.2, 0.25) is 0 Å². The molecule has 8 heteroatoms. The number of hydrogen-bond donors (Lipinski definition) is 0. The molecule has 0 spiro atoms. The van der Waals surface area contributed by atoms with Crippen LogP contribution >= 0.6 is 11.6 Å². The minimum Gasteiger partial charge on any atom is -0.492 e. The fraction of sp³-hybridized carbons (Fsp3) is 0.214. The maximum Gasteiger partial charge on any atom is 0.422 e. The first-order chi connectivity index (χ1) is 10.3. The zero-order valence-corrected chi connectivity index (χ0v) is 11.7. The van der Waals surface area contributed by atoms with E-state index in [9.17, 15) is 22.0 Å². The van der Waals surface area contributed by atoms with Crippen LogP contribution in [0.25, 0.3) is 0 Å². The molecule has 0 amide bonds. The van der Waals surface area contributed by atoms with Gasteiger partial charge in [-0.3, -0.25) is 0 Å². The van der Waals surface area contributed by atoms with Crippen LogP contribution in [0.5, 0.6) is 5.75 Å². The minimum atomic E-state index is -4.75. The van der Waals surface area contributed by atoms with E-state index in [2.05, 4.69) is 4.98 Å². The van der Waals surface area contributed by atoms with Crippen molar-refractivity contribution in [2.45, 2.75) is 12.6 Å². The molecule has 0 atom stereocenters. The summed E-state index contributed by atoms with van der Waals surface area (Å²) >= 11 is 5.43. The third-order valence-corrected chi connectivity index (χ3v) is 3.11. The van der Waals surface area contributed by atoms with Gasteiger partial charge in [-0.2, -0.15) is 13.2 Å². The number of hydrogen-bond acceptors (Lipinski definition) is 2. The predicted octanol–water partition coefficient (Wildman–Crippen LogP) is 4.65. The Kier molecular flexibility index (Phi) is 4.85. The maximum atomic E-state index is 13.4. The molecule has 0 aliphatic rings. The summed E-state index contributed by atoms with van der Waals surface area (Å²) in [5.74, 6) is -2.11. The topological polar surface area (TPSA) is 22.1 Å². The first-order valence-corrected chi connectivity index (χ1v) is 6.46. The number of benzene rings is 1. The lowest BCUT2D eigenvalue weighted by Crippen LogP contribution is -2.12. The van der Waals surface area contributed by atoms with Crippen LogP contribution in [0.15, 0.2) is 30.5 Å². The number of halogens is 6. The van der Waals surface area contributed by atoms with E-state index in [1.54, 1.807) is 0 Å². The number of nitrogens with zero attached hydrogens (tertiary/aromatic N) is 1. The molecule has 0 bridgehead atoms. The molecule has 1 aromatic carbocycles. The highest BCUT2D eigenvalue weighted by Gasteiger charge is 2.37. The van der Waals surface area contributed by atoms with Crippen molar-refractivity contribution < 1.29 is 26.7 Å². The van der Waals surface area contributed by atoms with Crippen molar-refractivity contribution in [3.05, 3.63) is 58.4 Å². The molecule has 0 saturated heterocycles. The van der Waals surface area contributed by atoms with E-state index in [0.29, 0.717) is 0 Å². The average molecular weight is 338 g/mol. The molecular formula is C14H9ClF5NO. The molecular weight excluding hydrogens is 329 g/mol. The summed E-state index contributed by atoms with van der Waals surface area (Å²) in [4.78, 5) is 3.35. The van der Waals surface area contributed by atoms with Gasteiger partial charge in [0.1, 0.15) is 28.1 Å². The second-order valence-corrected chi connectivity index (χ2v) is 4.63. The van der Waals surface area contributed by atoms with E-state index in [1.807, 2.05) is 0 Å². The molecule has 0 N–H and O–H groups in total. The van der Waals surface area contributed by atoms with E-state index < -0.39 is 34.3 Å². The normalized spacial score (nSPS) is 11.5. The lowest BCUT2D eigenvalue weighted by Gasteiger charge is -2.14. The van der Waals surface area contributed by atoms with Gasteiger partial charge >= 0.3 is 6.18 Å². The molecule has 118 valence electrons. The molecule has 0 saturated carbocycles. The first-order valence-electron chi connectivity index (χ1n) is 6.08. The highest BCUT2D eigenvalue weighted by atomic mass is 35.5. The van der Waals surface area contributed by atoms with Gasteiger partial charge in [0, 0.05) is 18.2 Å². The van der Waals surface area contributed by atoms with Crippen LogP contribution in [0.3, 0.4) is 0 Å². The minimum absolute atomic E-state index is 0.226. The van der Waals surface area contributed by atoms with E-state index in [1.165, 1.54) is 6.07 Å². The van der Waals surface area contributed by atoms with Crippen molar-refractivity contribution >= 4 is 11.6 Å². The summed E-state index contributed by atoms with van der Waals surface area (Å²) in [6.07, 6.45) is -3.92. The third-order valence-electron chi connectivity index (χ3n) is 2.82. The molecule has 22 heavy (non-hydrogen) atoms. The quantitative estimate of drug-likeness (QED) is 0.598. The molecule has 1 aromatic heterocycles. The van der Waals surface area contributed by atoms with Crippen LogP contribution in [-0.4, -0.2) is 11.6 Å². The lowest BCUT2D eigenvalue weighted by molar-refractivity contribution is -0.139. The highest BCUT2D eigenvalue weighted by molar-refractivity contribution is 6.30. The number of ether oxygens (including phenoxy) is 1. The smallest absolute Gasteiger partial charge is 0.422 e. The maximum absolute atomic E-state index is 13.4. The molecule has 0 unspecified atom stereocenters. The Hall–Kier alpha value is -1.89. The zero-order valence-electron chi connectivity index (χ0n) is 10.9. The van der Waals surface area contributed by atoms with Gasteiger partial charge in [-0.05, 0) is 18.2 Å². The number of aromatic nitrogens is 1. The van der Waals surface area contributed by atoms with Crippen molar-refractivity contribution in [1.82, 2.24) is 4.98 Å². The summed E-state index contributed by atoms with van der Waals surface area (Å²) in [6.45, 7) is -0.346. The van der Waals surface area contributed by atoms with Gasteiger partial charge in [0.15, 0.2) is 0 Å². The number of pyridine rings is 1. The molecule has 0 radical (unpaired) electrons. The molecule has 2 nitrogen and oxygen atoms in total. The first kappa shape index (κ1) is 16.5. The highest BCUT2D eigenvalue weighted by Crippen LogP contribution is 2.39. The second-order valence-electron chi connectivity index (χ2n) is 4.27. The lowest BCUT2D eigenvalue weighted by atomic mass is 10.1. The SMILES string of the molecule is Fc1cccc(F)c1CCOc1ccnc(Cl)c1C(F)(F)F. The summed E-state index contributed by atoms with van der Waals surface area (Å²) < 4.78 is 70.4. The second kappa shape index (κ2) is 6.48. The summed E-state index contributed by atoms with van der Waals surface area (Å²) in [5.41, 5.74) is -1.47. The summed E-state index contributed by atoms with van der Waals surface area (Å²) in [7, 11) is 0. The Morgan fingerprint density at radius 1 is 1.09 bits per heavy atom. The van der Waals surface area contributed by atoms with Gasteiger partial charge in [0.05, 0.1) is 6.61 Å². The van der Waals surface area contributed by atoms with E-state index >= 15 is 0 Å². The van der Waals surface area contributed by atoms with Crippen LogP contribution in [0.4, 0.5) is 22.0 Å². The van der Waals surface area contributed by atoms with Crippen molar-refractivity contribution in [2.24, 2.45) is 0 Å². The van der Waals surface area contributed by atoms with Gasteiger partial charge in [-0.1, -0.05) is 17.7 Å². The molecule has 0 aliphatic carbocycles. The number of alkyl halides is 3. The standard InChI is InChI=1S/C14H9ClF5NO/c15-13-12(14(18,19)20)11(4-6-21-13)22-7-5-8-9(16)2-1-3-10(8)17/h1-4,6H,5,7H2. The third kappa shape index (κ3) is 3.65. The zero-order chi connectivity index (χ0) is 16.3. The summed E-state index contributed by atoms with van der Waals surface area (Å²) in [6, 6.07) is 4.30. The molecule has 0 fully saturated rings. The van der Waals surface area contributed by atoms with Crippen molar-refractivity contribution in [1.29, 1.82) is 0 Å². The van der Waals surface area contributed by atoms with Gasteiger partial charge < -0.3 is 4.74 Å². The Labute approximate surface area is 127 Å². The van der Waals surface area contributed by atoms with E-state index in [-0.39, 0.29) is 18.6 Å². The van der Waals surface area contributed by atoms with Crippen LogP contribution in [0.1, 0.15) is 11.1 Å². The molecule has 1 heterocycles. The Morgan fingerprint density at radius 3 is 2.32 bits per heavy atom. The Morgan fingerprint density at radius 2 is 1.73 bits per heavy atom. The summed E-state index contributed by atoms with van der Waals surface area (Å²) in [5, 5.41) is -0.748. The largest absolute Gasteiger partial charge is 0.492 e. The Balaban J connectivity index is 2.15. The van der Waals surface area contributed by atoms with Crippen molar-refractivity contribution in [3.63, 3.8) is 0 Å². The fourth-order valence-electron chi connectivity index (χ4n) is 1.83. The molecule has 2 rings (SSSR count). The van der Waals surface area contributed by atoms with Gasteiger partial charge in [0.25, 0.3) is 0 Å². The van der Waals surface area contributed by atoms with Crippen molar-refractivity contribution in [2.75, 3.05) is 6.61 Å². The van der Waals surface area contributed by atoms with Crippen LogP contribution in [0, 0.1) is 11.6 Å². The Bertz CT molecular complexity index is 655. The van der Waals surface area contributed by atoms with Crippen molar-refractivity contribution in [3.8, 4) is 5.75 Å². The molecule has 2 aromatic rings. The molecule has 0 aliphatic heterocycles. The van der Waals surface area contributed by atoms with E-state index in [0.717, 1.165) is 24.4 Å². The van der Waals surface area contributed by atoms with Gasteiger partial charge in [-0.25, -0.2) is 13.8 Å². The monoisotopic (exact) mass is 337 g/mol. The number of rotatable bonds is 4. The van der Waals surface area contributed by atoms with Crippen LogP contribution in [-0.2, 0) is 12.6 Å².